The number of amides is 2. The van der Waals surface area contributed by atoms with E-state index in [0.717, 1.165) is 32.2 Å². The first-order valence-corrected chi connectivity index (χ1v) is 7.25. The van der Waals surface area contributed by atoms with E-state index in [9.17, 15) is 9.59 Å². The number of carbonyl (C=O) groups is 2. The maximum atomic E-state index is 12.2. The standard InChI is InChI=1S/C15H19N3O2/c19-14(17-13-5-1-2-8-16-13)12-4-3-9-18(10-12)15(20)11-6-7-11/h1-2,5,8,11-12H,3-4,6-7,9-10H2,(H,16,17,19). The van der Waals surface area contributed by atoms with Crippen molar-refractivity contribution in [2.75, 3.05) is 18.4 Å². The summed E-state index contributed by atoms with van der Waals surface area (Å²) in [6, 6.07) is 5.42. The van der Waals surface area contributed by atoms with Crippen molar-refractivity contribution in [1.82, 2.24) is 9.88 Å². The van der Waals surface area contributed by atoms with Gasteiger partial charge in [-0.2, -0.15) is 0 Å². The maximum absolute atomic E-state index is 12.2. The van der Waals surface area contributed by atoms with Gasteiger partial charge < -0.3 is 10.2 Å². The van der Waals surface area contributed by atoms with Gasteiger partial charge in [-0.05, 0) is 37.8 Å². The molecular formula is C15H19N3O2. The van der Waals surface area contributed by atoms with Crippen molar-refractivity contribution in [3.63, 3.8) is 0 Å². The van der Waals surface area contributed by atoms with Gasteiger partial charge in [-0.1, -0.05) is 6.07 Å². The highest BCUT2D eigenvalue weighted by Gasteiger charge is 2.36. The molecule has 5 heteroatoms. The zero-order chi connectivity index (χ0) is 13.9. The van der Waals surface area contributed by atoms with Crippen LogP contribution in [0, 0.1) is 11.8 Å². The lowest BCUT2D eigenvalue weighted by Gasteiger charge is -2.32. The fourth-order valence-corrected chi connectivity index (χ4v) is 2.64. The van der Waals surface area contributed by atoms with E-state index < -0.39 is 0 Å². The van der Waals surface area contributed by atoms with Crippen molar-refractivity contribution >= 4 is 17.6 Å². The largest absolute Gasteiger partial charge is 0.342 e. The Morgan fingerprint density at radius 1 is 1.20 bits per heavy atom. The molecule has 2 fully saturated rings. The second kappa shape index (κ2) is 5.61. The lowest BCUT2D eigenvalue weighted by molar-refractivity contribution is -0.135. The lowest BCUT2D eigenvalue weighted by Crippen LogP contribution is -2.44. The topological polar surface area (TPSA) is 62.3 Å². The second-order valence-electron chi connectivity index (χ2n) is 5.60. The number of anilines is 1. The Morgan fingerprint density at radius 2 is 2.05 bits per heavy atom. The molecule has 2 heterocycles. The Labute approximate surface area is 118 Å². The molecule has 2 aliphatic rings. The van der Waals surface area contributed by atoms with Gasteiger partial charge in [0.1, 0.15) is 5.82 Å². The van der Waals surface area contributed by atoms with Gasteiger partial charge >= 0.3 is 0 Å². The average Bonchev–Trinajstić information content (AvgIpc) is 3.32. The third-order valence-electron chi connectivity index (χ3n) is 3.95. The van der Waals surface area contributed by atoms with Gasteiger partial charge in [-0.15, -0.1) is 0 Å². The molecule has 1 saturated carbocycles. The maximum Gasteiger partial charge on any atom is 0.230 e. The van der Waals surface area contributed by atoms with Crippen molar-refractivity contribution in [1.29, 1.82) is 0 Å². The van der Waals surface area contributed by atoms with Crippen LogP contribution in [0.1, 0.15) is 25.7 Å². The summed E-state index contributed by atoms with van der Waals surface area (Å²) < 4.78 is 0. The highest BCUT2D eigenvalue weighted by molar-refractivity contribution is 5.92. The summed E-state index contributed by atoms with van der Waals surface area (Å²) in [5, 5.41) is 2.83. The number of likely N-dealkylation sites (tertiary alicyclic amines) is 1. The number of piperidine rings is 1. The molecule has 20 heavy (non-hydrogen) atoms. The van der Waals surface area contributed by atoms with Gasteiger partial charge in [0.25, 0.3) is 0 Å². The van der Waals surface area contributed by atoms with E-state index in [1.807, 2.05) is 17.0 Å². The van der Waals surface area contributed by atoms with Crippen LogP contribution >= 0.6 is 0 Å². The predicted octanol–water partition coefficient (Wildman–Crippen LogP) is 1.67. The molecule has 5 nitrogen and oxygen atoms in total. The molecule has 2 amide bonds. The van der Waals surface area contributed by atoms with Gasteiger partial charge in [0, 0.05) is 25.2 Å². The normalized spacial score (nSPS) is 22.4. The summed E-state index contributed by atoms with van der Waals surface area (Å²) >= 11 is 0. The van der Waals surface area contributed by atoms with E-state index >= 15 is 0 Å². The Hall–Kier alpha value is -1.91. The molecule has 1 aliphatic carbocycles. The zero-order valence-corrected chi connectivity index (χ0v) is 11.4. The van der Waals surface area contributed by atoms with Crippen LogP contribution in [-0.2, 0) is 9.59 Å². The SMILES string of the molecule is O=C(Nc1ccccn1)C1CCCN(C(=O)C2CC2)C1. The van der Waals surface area contributed by atoms with Crippen LogP contribution in [0.25, 0.3) is 0 Å². The Kier molecular flexibility index (Phi) is 3.67. The highest BCUT2D eigenvalue weighted by atomic mass is 16.2. The second-order valence-corrected chi connectivity index (χ2v) is 5.60. The van der Waals surface area contributed by atoms with Crippen molar-refractivity contribution < 1.29 is 9.59 Å². The molecule has 0 bridgehead atoms. The number of aromatic nitrogens is 1. The minimum absolute atomic E-state index is 0.0306. The number of pyridine rings is 1. The average molecular weight is 273 g/mol. The molecule has 106 valence electrons. The smallest absolute Gasteiger partial charge is 0.230 e. The van der Waals surface area contributed by atoms with Crippen LogP contribution in [0.5, 0.6) is 0 Å². The fourth-order valence-electron chi connectivity index (χ4n) is 2.64. The van der Waals surface area contributed by atoms with Gasteiger partial charge in [0.05, 0.1) is 5.92 Å². The molecule has 1 saturated heterocycles. The van der Waals surface area contributed by atoms with Crippen molar-refractivity contribution in [2.45, 2.75) is 25.7 Å². The van der Waals surface area contributed by atoms with Crippen LogP contribution < -0.4 is 5.32 Å². The molecule has 0 radical (unpaired) electrons. The molecule has 1 aliphatic heterocycles. The molecule has 1 aromatic rings. The van der Waals surface area contributed by atoms with Crippen LogP contribution in [-0.4, -0.2) is 34.8 Å². The number of nitrogens with one attached hydrogen (secondary N) is 1. The Balaban J connectivity index is 1.58. The number of hydrogen-bond acceptors (Lipinski definition) is 3. The summed E-state index contributed by atoms with van der Waals surface area (Å²) in [7, 11) is 0. The van der Waals surface area contributed by atoms with Gasteiger partial charge in [0.2, 0.25) is 11.8 Å². The summed E-state index contributed by atoms with van der Waals surface area (Å²) in [6.07, 6.45) is 5.42. The van der Waals surface area contributed by atoms with Crippen molar-refractivity contribution in [3.8, 4) is 0 Å². The van der Waals surface area contributed by atoms with E-state index in [-0.39, 0.29) is 23.7 Å². The number of carbonyl (C=O) groups excluding carboxylic acids is 2. The number of rotatable bonds is 3. The Bertz CT molecular complexity index is 499. The predicted molar refractivity (Wildman–Crippen MR) is 74.9 cm³/mol. The summed E-state index contributed by atoms with van der Waals surface area (Å²) in [4.78, 5) is 30.3. The minimum atomic E-state index is -0.117. The summed E-state index contributed by atoms with van der Waals surface area (Å²) in [5.41, 5.74) is 0. The van der Waals surface area contributed by atoms with E-state index in [1.54, 1.807) is 12.3 Å². The van der Waals surface area contributed by atoms with Gasteiger partial charge in [-0.25, -0.2) is 4.98 Å². The van der Waals surface area contributed by atoms with Gasteiger partial charge in [-0.3, -0.25) is 9.59 Å². The van der Waals surface area contributed by atoms with Crippen LogP contribution in [0.4, 0.5) is 5.82 Å². The van der Waals surface area contributed by atoms with E-state index in [0.29, 0.717) is 12.4 Å². The molecular weight excluding hydrogens is 254 g/mol. The molecule has 1 unspecified atom stereocenters. The fraction of sp³-hybridized carbons (Fsp3) is 0.533. The van der Waals surface area contributed by atoms with E-state index in [1.165, 1.54) is 0 Å². The first-order valence-electron chi connectivity index (χ1n) is 7.25. The molecule has 3 rings (SSSR count). The zero-order valence-electron chi connectivity index (χ0n) is 11.4. The van der Waals surface area contributed by atoms with Crippen LogP contribution in [0.15, 0.2) is 24.4 Å². The lowest BCUT2D eigenvalue weighted by atomic mass is 9.96. The molecule has 1 N–H and O–H groups in total. The quantitative estimate of drug-likeness (QED) is 0.911. The molecule has 1 atom stereocenters. The number of hydrogen-bond donors (Lipinski definition) is 1. The van der Waals surface area contributed by atoms with Crippen LogP contribution in [0.2, 0.25) is 0 Å². The summed E-state index contributed by atoms with van der Waals surface area (Å²) in [5.74, 6) is 0.890. The first kappa shape index (κ1) is 13.1. The third-order valence-corrected chi connectivity index (χ3v) is 3.95. The minimum Gasteiger partial charge on any atom is -0.342 e. The van der Waals surface area contributed by atoms with Crippen molar-refractivity contribution in [2.24, 2.45) is 11.8 Å². The monoisotopic (exact) mass is 273 g/mol. The molecule has 0 spiro atoms. The molecule has 0 aromatic carbocycles. The van der Waals surface area contributed by atoms with E-state index in [2.05, 4.69) is 10.3 Å². The first-order chi connectivity index (χ1) is 9.74. The third kappa shape index (κ3) is 2.98. The summed E-state index contributed by atoms with van der Waals surface area (Å²) in [6.45, 7) is 1.34. The highest BCUT2D eigenvalue weighted by Crippen LogP contribution is 2.32. The molecule has 1 aromatic heterocycles. The Morgan fingerprint density at radius 3 is 2.75 bits per heavy atom. The van der Waals surface area contributed by atoms with Crippen LogP contribution in [0.3, 0.4) is 0 Å². The van der Waals surface area contributed by atoms with Gasteiger partial charge in [0.15, 0.2) is 0 Å². The van der Waals surface area contributed by atoms with Crippen molar-refractivity contribution in [3.05, 3.63) is 24.4 Å². The van der Waals surface area contributed by atoms with E-state index in [4.69, 9.17) is 0 Å². The number of nitrogens with zero attached hydrogens (tertiary/aromatic N) is 2.